The van der Waals surface area contributed by atoms with Crippen LogP contribution in [0.15, 0.2) is 0 Å². The summed E-state index contributed by atoms with van der Waals surface area (Å²) in [5.74, 6) is -4.99. The molecule has 0 radical (unpaired) electrons. The van der Waals surface area contributed by atoms with Crippen LogP contribution < -0.4 is 27.4 Å². The van der Waals surface area contributed by atoms with Gasteiger partial charge in [-0.05, 0) is 43.6 Å². The molecule has 0 aromatic carbocycles. The Morgan fingerprint density at radius 1 is 0.800 bits per heavy atom. The van der Waals surface area contributed by atoms with Crippen LogP contribution >= 0.6 is 11.8 Å². The summed E-state index contributed by atoms with van der Waals surface area (Å²) in [6.07, 6.45) is 1.18. The number of carbonyl (C=O) groups is 6. The third kappa shape index (κ3) is 14.2. The number of carboxylic acid groups (broad SMARTS) is 2. The van der Waals surface area contributed by atoms with Crippen molar-refractivity contribution < 1.29 is 39.0 Å². The molecule has 0 aromatic rings. The third-order valence-corrected chi connectivity index (χ3v) is 5.53. The smallest absolute Gasteiger partial charge is 0.326 e. The Bertz CT molecular complexity index is 764. The van der Waals surface area contributed by atoms with E-state index in [4.69, 9.17) is 16.6 Å². The van der Waals surface area contributed by atoms with Crippen molar-refractivity contribution in [1.29, 1.82) is 0 Å². The minimum Gasteiger partial charge on any atom is -0.481 e. The van der Waals surface area contributed by atoms with Gasteiger partial charge in [0.15, 0.2) is 0 Å². The molecular weight excluding hydrogens is 482 g/mol. The monoisotopic (exact) mass is 519 g/mol. The molecule has 13 nitrogen and oxygen atoms in total. The summed E-state index contributed by atoms with van der Waals surface area (Å²) in [7, 11) is 0. The predicted molar refractivity (Wildman–Crippen MR) is 129 cm³/mol. The average molecular weight is 520 g/mol. The van der Waals surface area contributed by atoms with Gasteiger partial charge in [0.1, 0.15) is 18.1 Å². The minimum atomic E-state index is -1.47. The molecule has 4 atom stereocenters. The average Bonchev–Trinajstić information content (AvgIpc) is 2.75. The molecule has 0 aromatic heterocycles. The van der Waals surface area contributed by atoms with E-state index in [2.05, 4.69) is 16.0 Å². The fourth-order valence-corrected chi connectivity index (χ4v) is 3.47. The van der Waals surface area contributed by atoms with Gasteiger partial charge in [0.05, 0.1) is 6.04 Å². The van der Waals surface area contributed by atoms with E-state index in [1.165, 1.54) is 11.8 Å². The molecule has 14 heteroatoms. The van der Waals surface area contributed by atoms with Crippen molar-refractivity contribution in [3.63, 3.8) is 0 Å². The maximum Gasteiger partial charge on any atom is 0.326 e. The third-order valence-electron chi connectivity index (χ3n) is 4.88. The van der Waals surface area contributed by atoms with Gasteiger partial charge in [-0.15, -0.1) is 0 Å². The molecule has 0 saturated heterocycles. The summed E-state index contributed by atoms with van der Waals surface area (Å²) in [5, 5.41) is 25.3. The second kappa shape index (κ2) is 16.7. The van der Waals surface area contributed by atoms with Crippen molar-refractivity contribution >= 4 is 47.3 Å². The second-order valence-electron chi connectivity index (χ2n) is 8.48. The summed E-state index contributed by atoms with van der Waals surface area (Å²) in [4.78, 5) is 71.6. The summed E-state index contributed by atoms with van der Waals surface area (Å²) < 4.78 is 0. The van der Waals surface area contributed by atoms with Crippen molar-refractivity contribution in [2.24, 2.45) is 17.4 Å². The number of rotatable bonds is 18. The first-order chi connectivity index (χ1) is 16.3. The largest absolute Gasteiger partial charge is 0.481 e. The molecule has 200 valence electrons. The zero-order valence-corrected chi connectivity index (χ0v) is 21.1. The molecule has 4 unspecified atom stereocenters. The molecule has 0 rings (SSSR count). The highest BCUT2D eigenvalue weighted by molar-refractivity contribution is 7.98. The van der Waals surface area contributed by atoms with E-state index in [9.17, 15) is 33.9 Å². The summed E-state index contributed by atoms with van der Waals surface area (Å²) in [6.45, 7) is 3.56. The van der Waals surface area contributed by atoms with E-state index in [-0.39, 0.29) is 31.6 Å². The Morgan fingerprint density at radius 3 is 1.80 bits per heavy atom. The van der Waals surface area contributed by atoms with Crippen LogP contribution in [0.4, 0.5) is 0 Å². The first-order valence-corrected chi connectivity index (χ1v) is 12.6. The highest BCUT2D eigenvalue weighted by Crippen LogP contribution is 2.09. The molecule has 9 N–H and O–H groups in total. The van der Waals surface area contributed by atoms with Crippen molar-refractivity contribution in [2.45, 2.75) is 76.5 Å². The van der Waals surface area contributed by atoms with Crippen LogP contribution in [-0.2, 0) is 28.8 Å². The molecule has 4 amide bonds. The predicted octanol–water partition coefficient (Wildman–Crippen LogP) is -1.22. The van der Waals surface area contributed by atoms with Crippen LogP contribution in [0.5, 0.6) is 0 Å². The van der Waals surface area contributed by atoms with Gasteiger partial charge >= 0.3 is 11.9 Å². The number of amides is 4. The number of thioether (sulfide) groups is 1. The Labute approximate surface area is 208 Å². The van der Waals surface area contributed by atoms with Crippen molar-refractivity contribution in [3.05, 3.63) is 0 Å². The van der Waals surface area contributed by atoms with Gasteiger partial charge in [-0.3, -0.25) is 24.0 Å². The Kier molecular flexibility index (Phi) is 15.3. The molecule has 0 bridgehead atoms. The first-order valence-electron chi connectivity index (χ1n) is 11.2. The number of aliphatic carboxylic acids is 2. The first kappa shape index (κ1) is 32.1. The Hall–Kier alpha value is -2.87. The molecule has 0 spiro atoms. The van der Waals surface area contributed by atoms with Crippen molar-refractivity contribution in [3.8, 4) is 0 Å². The lowest BCUT2D eigenvalue weighted by molar-refractivity contribution is -0.143. The van der Waals surface area contributed by atoms with E-state index in [1.54, 1.807) is 13.8 Å². The molecule has 0 aliphatic heterocycles. The van der Waals surface area contributed by atoms with Crippen molar-refractivity contribution in [2.75, 3.05) is 12.0 Å². The van der Waals surface area contributed by atoms with Crippen LogP contribution in [-0.4, -0.2) is 82.0 Å². The minimum absolute atomic E-state index is 0.0908. The molecule has 0 aliphatic rings. The number of carbonyl (C=O) groups excluding carboxylic acids is 4. The van der Waals surface area contributed by atoms with Crippen LogP contribution in [0.25, 0.3) is 0 Å². The fraction of sp³-hybridized carbons (Fsp3) is 0.714. The number of primary amides is 1. The standard InChI is InChI=1S/C21H37N5O8S/c1-11(2)10-15(20(32)25-14(21(33)34)5-7-17(28)29)26-19(31)13(4-6-16(23)27)24-18(30)12(22)8-9-35-3/h11-15H,4-10,22H2,1-3H3,(H2,23,27)(H,24,30)(H,25,32)(H,26,31)(H,28,29)(H,33,34). The van der Waals surface area contributed by atoms with Gasteiger partial charge < -0.3 is 37.6 Å². The Morgan fingerprint density at radius 2 is 1.31 bits per heavy atom. The number of hydrogen-bond donors (Lipinski definition) is 7. The number of nitrogens with two attached hydrogens (primary N) is 2. The lowest BCUT2D eigenvalue weighted by Crippen LogP contribution is -2.57. The van der Waals surface area contributed by atoms with Gasteiger partial charge in [0.2, 0.25) is 23.6 Å². The normalized spacial score (nSPS) is 14.3. The maximum atomic E-state index is 13.0. The van der Waals surface area contributed by atoms with Gasteiger partial charge in [0.25, 0.3) is 0 Å². The topological polar surface area (TPSA) is 231 Å². The van der Waals surface area contributed by atoms with Crippen LogP contribution in [0.1, 0.15) is 52.4 Å². The van der Waals surface area contributed by atoms with Crippen LogP contribution in [0.2, 0.25) is 0 Å². The molecule has 0 fully saturated rings. The van der Waals surface area contributed by atoms with E-state index < -0.39 is 66.2 Å². The van der Waals surface area contributed by atoms with Crippen LogP contribution in [0, 0.1) is 5.92 Å². The molecule has 35 heavy (non-hydrogen) atoms. The Balaban J connectivity index is 5.53. The summed E-state index contributed by atoms with van der Waals surface area (Å²) in [5.41, 5.74) is 11.0. The van der Waals surface area contributed by atoms with Crippen LogP contribution in [0.3, 0.4) is 0 Å². The summed E-state index contributed by atoms with van der Waals surface area (Å²) >= 11 is 1.50. The SMILES string of the molecule is CSCCC(N)C(=O)NC(CCC(N)=O)C(=O)NC(CC(C)C)C(=O)NC(CCC(=O)O)C(=O)O. The zero-order chi connectivity index (χ0) is 27.1. The number of nitrogens with one attached hydrogen (secondary N) is 3. The van der Waals surface area contributed by atoms with Gasteiger partial charge in [0, 0.05) is 12.8 Å². The lowest BCUT2D eigenvalue weighted by atomic mass is 10.0. The number of carboxylic acids is 2. The van der Waals surface area contributed by atoms with Gasteiger partial charge in [-0.25, -0.2) is 4.79 Å². The zero-order valence-electron chi connectivity index (χ0n) is 20.2. The molecular formula is C21H37N5O8S. The van der Waals surface area contributed by atoms with E-state index in [0.29, 0.717) is 12.2 Å². The molecule has 0 aliphatic carbocycles. The van der Waals surface area contributed by atoms with Crippen molar-refractivity contribution in [1.82, 2.24) is 16.0 Å². The fourth-order valence-electron chi connectivity index (χ4n) is 2.98. The highest BCUT2D eigenvalue weighted by atomic mass is 32.2. The van der Waals surface area contributed by atoms with E-state index in [1.807, 2.05) is 6.26 Å². The quantitative estimate of drug-likeness (QED) is 0.114. The second-order valence-corrected chi connectivity index (χ2v) is 9.46. The van der Waals surface area contributed by atoms with Gasteiger partial charge in [-0.1, -0.05) is 13.8 Å². The van der Waals surface area contributed by atoms with Gasteiger partial charge in [-0.2, -0.15) is 11.8 Å². The van der Waals surface area contributed by atoms with E-state index in [0.717, 1.165) is 0 Å². The molecule has 0 saturated carbocycles. The summed E-state index contributed by atoms with van der Waals surface area (Å²) in [6, 6.07) is -4.73. The highest BCUT2D eigenvalue weighted by Gasteiger charge is 2.31. The lowest BCUT2D eigenvalue weighted by Gasteiger charge is -2.26. The maximum absolute atomic E-state index is 13.0. The molecule has 0 heterocycles. The van der Waals surface area contributed by atoms with E-state index >= 15 is 0 Å². The number of hydrogen-bond acceptors (Lipinski definition) is 8.